The molecule has 4 amide bonds. The van der Waals surface area contributed by atoms with Crippen molar-refractivity contribution in [1.29, 1.82) is 0 Å². The van der Waals surface area contributed by atoms with E-state index in [1.807, 2.05) is 0 Å². The van der Waals surface area contributed by atoms with Gasteiger partial charge in [0.15, 0.2) is 0 Å². The fourth-order valence-electron chi connectivity index (χ4n) is 10.9. The van der Waals surface area contributed by atoms with Crippen molar-refractivity contribution in [3.8, 4) is 0 Å². The van der Waals surface area contributed by atoms with Crippen LogP contribution in [-0.4, -0.2) is 70.7 Å². The lowest BCUT2D eigenvalue weighted by molar-refractivity contribution is -0.145. The molecule has 38 heavy (non-hydrogen) atoms. The molecule has 0 aromatic rings. The molecule has 8 saturated carbocycles. The predicted octanol–water partition coefficient (Wildman–Crippen LogP) is 2.61. The largest absolute Gasteiger partial charge is 0.350 e. The monoisotopic (exact) mass is 524 g/mol. The van der Waals surface area contributed by atoms with Gasteiger partial charge >= 0.3 is 0 Å². The number of rotatable bonds is 6. The van der Waals surface area contributed by atoms with Crippen LogP contribution < -0.4 is 10.6 Å². The van der Waals surface area contributed by atoms with Crippen LogP contribution in [0, 0.1) is 35.5 Å². The Morgan fingerprint density at radius 2 is 0.763 bits per heavy atom. The highest BCUT2D eigenvalue weighted by atomic mass is 16.2. The van der Waals surface area contributed by atoms with E-state index in [2.05, 4.69) is 10.6 Å². The molecule has 0 unspecified atom stereocenters. The zero-order chi connectivity index (χ0) is 26.1. The fourth-order valence-corrected chi connectivity index (χ4v) is 10.9. The number of amides is 4. The second-order valence-corrected chi connectivity index (χ2v) is 14.6. The minimum absolute atomic E-state index is 0.0754. The molecular formula is C30H44N4O4. The molecular weight excluding hydrogens is 480 g/mol. The van der Waals surface area contributed by atoms with E-state index < -0.39 is 0 Å². The van der Waals surface area contributed by atoms with E-state index in [1.165, 1.54) is 38.5 Å². The molecule has 9 aliphatic rings. The number of piperazine rings is 1. The normalized spacial score (nSPS) is 42.3. The van der Waals surface area contributed by atoms with E-state index in [0.717, 1.165) is 74.0 Å². The maximum Gasteiger partial charge on any atom is 0.232 e. The average Bonchev–Trinajstić information content (AvgIpc) is 2.81. The molecule has 1 heterocycles. The van der Waals surface area contributed by atoms with Gasteiger partial charge in [-0.15, -0.1) is 0 Å². The van der Waals surface area contributed by atoms with Gasteiger partial charge in [0, 0.05) is 37.3 Å². The summed E-state index contributed by atoms with van der Waals surface area (Å²) in [5.74, 6) is 3.89. The van der Waals surface area contributed by atoms with Crippen LogP contribution in [0.4, 0.5) is 0 Å². The summed E-state index contributed by atoms with van der Waals surface area (Å²) in [4.78, 5) is 54.9. The summed E-state index contributed by atoms with van der Waals surface area (Å²) in [6, 6.07) is 0. The smallest absolute Gasteiger partial charge is 0.232 e. The van der Waals surface area contributed by atoms with E-state index in [-0.39, 0.29) is 47.5 Å². The van der Waals surface area contributed by atoms with Crippen LogP contribution in [0.2, 0.25) is 0 Å². The minimum atomic E-state index is -0.154. The third kappa shape index (κ3) is 4.74. The van der Waals surface area contributed by atoms with E-state index in [9.17, 15) is 19.2 Å². The molecule has 8 heteroatoms. The van der Waals surface area contributed by atoms with E-state index >= 15 is 0 Å². The summed E-state index contributed by atoms with van der Waals surface area (Å²) in [6.45, 7) is 1.69. The quantitative estimate of drug-likeness (QED) is 0.522. The van der Waals surface area contributed by atoms with Gasteiger partial charge in [-0.3, -0.25) is 19.2 Å². The summed E-state index contributed by atoms with van der Waals surface area (Å²) >= 11 is 0. The van der Waals surface area contributed by atoms with Crippen LogP contribution in [0.3, 0.4) is 0 Å². The molecule has 9 rings (SSSR count). The third-order valence-corrected chi connectivity index (χ3v) is 11.5. The average molecular weight is 525 g/mol. The Morgan fingerprint density at radius 3 is 1.03 bits per heavy atom. The fraction of sp³-hybridized carbons (Fsp3) is 0.867. The highest BCUT2D eigenvalue weighted by Gasteiger charge is 2.52. The second-order valence-electron chi connectivity index (χ2n) is 14.6. The summed E-state index contributed by atoms with van der Waals surface area (Å²) < 4.78 is 0. The predicted molar refractivity (Wildman–Crippen MR) is 140 cm³/mol. The molecule has 208 valence electrons. The molecule has 8 nitrogen and oxygen atoms in total. The van der Waals surface area contributed by atoms with Gasteiger partial charge in [0.25, 0.3) is 0 Å². The minimum Gasteiger partial charge on any atom is -0.350 e. The topological polar surface area (TPSA) is 98.8 Å². The molecule has 1 aliphatic heterocycles. The maximum absolute atomic E-state index is 12.9. The molecule has 0 spiro atoms. The van der Waals surface area contributed by atoms with Crippen LogP contribution in [0.15, 0.2) is 0 Å². The van der Waals surface area contributed by atoms with Crippen LogP contribution in [-0.2, 0) is 19.2 Å². The summed E-state index contributed by atoms with van der Waals surface area (Å²) in [6.07, 6.45) is 14.2. The van der Waals surface area contributed by atoms with Gasteiger partial charge in [-0.25, -0.2) is 0 Å². The first kappa shape index (κ1) is 24.9. The Morgan fingerprint density at radius 1 is 0.500 bits per heavy atom. The van der Waals surface area contributed by atoms with Crippen LogP contribution in [0.1, 0.15) is 89.9 Å². The number of hydrogen-bond acceptors (Lipinski definition) is 4. The zero-order valence-corrected chi connectivity index (χ0v) is 22.7. The summed E-state index contributed by atoms with van der Waals surface area (Å²) in [7, 11) is 0. The van der Waals surface area contributed by atoms with Crippen molar-refractivity contribution in [2.24, 2.45) is 35.5 Å². The molecule has 1 saturated heterocycles. The molecule has 8 bridgehead atoms. The lowest BCUT2D eigenvalue weighted by Crippen LogP contribution is -2.60. The van der Waals surface area contributed by atoms with Crippen molar-refractivity contribution >= 4 is 23.6 Å². The van der Waals surface area contributed by atoms with Gasteiger partial charge in [0.2, 0.25) is 23.6 Å². The van der Waals surface area contributed by atoms with Gasteiger partial charge in [-0.05, 0) is 113 Å². The first-order valence-electron chi connectivity index (χ1n) is 15.4. The van der Waals surface area contributed by atoms with Gasteiger partial charge < -0.3 is 20.4 Å². The zero-order valence-electron chi connectivity index (χ0n) is 22.7. The number of carbonyl (C=O) groups excluding carboxylic acids is 4. The Hall–Kier alpha value is -2.12. The van der Waals surface area contributed by atoms with Crippen LogP contribution in [0.25, 0.3) is 0 Å². The first-order valence-corrected chi connectivity index (χ1v) is 15.4. The van der Waals surface area contributed by atoms with Crippen molar-refractivity contribution in [3.63, 3.8) is 0 Å². The highest BCUT2D eigenvalue weighted by molar-refractivity contribution is 5.98. The second kappa shape index (κ2) is 9.22. The summed E-state index contributed by atoms with van der Waals surface area (Å²) in [5, 5.41) is 6.60. The van der Waals surface area contributed by atoms with E-state index in [0.29, 0.717) is 26.2 Å². The maximum atomic E-state index is 12.9. The van der Waals surface area contributed by atoms with Crippen molar-refractivity contribution < 1.29 is 19.2 Å². The summed E-state index contributed by atoms with van der Waals surface area (Å²) in [5.41, 5.74) is -0.151. The van der Waals surface area contributed by atoms with Gasteiger partial charge in [0.05, 0.1) is 0 Å². The van der Waals surface area contributed by atoms with E-state index in [1.54, 1.807) is 9.80 Å². The third-order valence-electron chi connectivity index (χ3n) is 11.5. The van der Waals surface area contributed by atoms with Crippen molar-refractivity contribution in [1.82, 2.24) is 20.4 Å². The Balaban J connectivity index is 0.856. The molecule has 9 fully saturated rings. The van der Waals surface area contributed by atoms with Crippen LogP contribution in [0.5, 0.6) is 0 Å². The van der Waals surface area contributed by atoms with Gasteiger partial charge in [-0.2, -0.15) is 0 Å². The molecule has 0 aromatic carbocycles. The number of nitrogens with zero attached hydrogens (tertiary/aromatic N) is 2. The lowest BCUT2D eigenvalue weighted by atomic mass is 9.53. The molecule has 2 N–H and O–H groups in total. The Labute approximate surface area is 226 Å². The molecule has 0 radical (unpaired) electrons. The lowest BCUT2D eigenvalue weighted by Gasteiger charge is -2.57. The van der Waals surface area contributed by atoms with E-state index in [4.69, 9.17) is 0 Å². The standard InChI is InChI=1S/C30H44N4O4/c35-25(31-29-13-19-5-20(14-29)7-21(6-19)15-29)11-27(37)33-1-2-34(4-3-33)28(38)12-26(36)32-30-16-22-8-23(17-30)10-24(9-22)18-30/h19-24H,1-18H2,(H,31,35)(H,32,36). The molecule has 8 aliphatic carbocycles. The van der Waals surface area contributed by atoms with Crippen molar-refractivity contribution in [3.05, 3.63) is 0 Å². The Bertz CT molecular complexity index is 865. The van der Waals surface area contributed by atoms with Gasteiger partial charge in [0.1, 0.15) is 12.8 Å². The number of hydrogen-bond donors (Lipinski definition) is 2. The highest BCUT2D eigenvalue weighted by Crippen LogP contribution is 2.56. The number of nitrogens with one attached hydrogen (secondary N) is 2. The Kier molecular flexibility index (Phi) is 6.04. The van der Waals surface area contributed by atoms with Crippen molar-refractivity contribution in [2.45, 2.75) is 101 Å². The van der Waals surface area contributed by atoms with Crippen molar-refractivity contribution in [2.75, 3.05) is 26.2 Å². The number of carbonyl (C=O) groups is 4. The van der Waals surface area contributed by atoms with Crippen LogP contribution >= 0.6 is 0 Å². The molecule has 0 aromatic heterocycles. The van der Waals surface area contributed by atoms with Gasteiger partial charge in [-0.1, -0.05) is 0 Å². The first-order chi connectivity index (χ1) is 18.2. The molecule has 0 atom stereocenters. The SMILES string of the molecule is O=C(CC(=O)N1CCN(C(=O)CC(=O)NC23CC4CC(CC(C4)C2)C3)CC1)NC12CC3CC(CC(C3)C1)C2.